The maximum absolute atomic E-state index is 12.6. The number of halogens is 4. The molecule has 0 fully saturated rings. The molecule has 1 heterocycles. The summed E-state index contributed by atoms with van der Waals surface area (Å²) in [6, 6.07) is 6.82. The number of thiazole rings is 1. The number of amides is 1. The van der Waals surface area contributed by atoms with Gasteiger partial charge < -0.3 is 16.0 Å². The number of carbonyl (C=O) groups is 1. The minimum atomic E-state index is -4.45. The summed E-state index contributed by atoms with van der Waals surface area (Å²) in [6.45, 7) is 2.98. The number of aliphatic imine (C=N–C) groups is 1. The Balaban J connectivity index is 1.76. The summed E-state index contributed by atoms with van der Waals surface area (Å²) in [5.74, 6) is 0.327. The van der Waals surface area contributed by atoms with Crippen LogP contribution in [0, 0.1) is 0 Å². The summed E-state index contributed by atoms with van der Waals surface area (Å²) in [6.07, 6.45) is -3.59. The van der Waals surface area contributed by atoms with Gasteiger partial charge in [-0.3, -0.25) is 4.79 Å². The average molecular weight is 448 g/mol. The van der Waals surface area contributed by atoms with Gasteiger partial charge in [0, 0.05) is 35.6 Å². The Kier molecular flexibility index (Phi) is 8.71. The van der Waals surface area contributed by atoms with Crippen molar-refractivity contribution < 1.29 is 18.0 Å². The highest BCUT2D eigenvalue weighted by Gasteiger charge is 2.33. The molecule has 29 heavy (non-hydrogen) atoms. The van der Waals surface area contributed by atoms with Crippen LogP contribution in [-0.4, -0.2) is 29.9 Å². The first kappa shape index (κ1) is 23.0. The minimum absolute atomic E-state index is 0.0349. The van der Waals surface area contributed by atoms with Gasteiger partial charge in [0.05, 0.1) is 6.54 Å². The average Bonchev–Trinajstić information content (AvgIpc) is 3.14. The van der Waals surface area contributed by atoms with E-state index in [0.717, 1.165) is 16.7 Å². The number of aromatic nitrogens is 1. The molecule has 1 aromatic carbocycles. The molecule has 0 aliphatic carbocycles. The largest absolute Gasteiger partial charge is 0.434 e. The van der Waals surface area contributed by atoms with Crippen LogP contribution in [0.2, 0.25) is 5.02 Å². The molecular weight excluding hydrogens is 427 g/mol. The van der Waals surface area contributed by atoms with E-state index in [4.69, 9.17) is 11.6 Å². The lowest BCUT2D eigenvalue weighted by molar-refractivity contribution is -0.140. The first-order chi connectivity index (χ1) is 13.8. The SMILES string of the molecule is CCNC(=NCc1nc(C(F)(F)F)cs1)NCCCC(=O)Nc1ccc(Cl)cc1. The van der Waals surface area contributed by atoms with Crippen LogP contribution in [0.15, 0.2) is 34.6 Å². The summed E-state index contributed by atoms with van der Waals surface area (Å²) in [4.78, 5) is 19.7. The molecule has 0 aliphatic rings. The van der Waals surface area contributed by atoms with E-state index < -0.39 is 11.9 Å². The van der Waals surface area contributed by atoms with Crippen LogP contribution < -0.4 is 16.0 Å². The van der Waals surface area contributed by atoms with E-state index in [9.17, 15) is 18.0 Å². The van der Waals surface area contributed by atoms with Crippen LogP contribution in [-0.2, 0) is 17.5 Å². The van der Waals surface area contributed by atoms with E-state index in [1.54, 1.807) is 24.3 Å². The molecular formula is C18H21ClF3N5OS. The van der Waals surface area contributed by atoms with E-state index >= 15 is 0 Å². The second-order valence-corrected chi connectivity index (χ2v) is 7.28. The van der Waals surface area contributed by atoms with Gasteiger partial charge >= 0.3 is 6.18 Å². The van der Waals surface area contributed by atoms with Crippen molar-refractivity contribution in [2.24, 2.45) is 4.99 Å². The third kappa shape index (κ3) is 8.28. The summed E-state index contributed by atoms with van der Waals surface area (Å²) < 4.78 is 37.8. The fourth-order valence-electron chi connectivity index (χ4n) is 2.21. The lowest BCUT2D eigenvalue weighted by Gasteiger charge is -2.11. The van der Waals surface area contributed by atoms with Gasteiger partial charge in [-0.15, -0.1) is 11.3 Å². The molecule has 2 aromatic rings. The second kappa shape index (κ2) is 11.0. The molecule has 0 spiro atoms. The smallest absolute Gasteiger partial charge is 0.357 e. The number of anilines is 1. The molecule has 0 saturated heterocycles. The second-order valence-electron chi connectivity index (χ2n) is 5.90. The van der Waals surface area contributed by atoms with Crippen LogP contribution in [0.25, 0.3) is 0 Å². The normalized spacial score (nSPS) is 12.0. The van der Waals surface area contributed by atoms with Crippen molar-refractivity contribution in [2.45, 2.75) is 32.5 Å². The Bertz CT molecular complexity index is 824. The van der Waals surface area contributed by atoms with E-state index in [0.29, 0.717) is 42.6 Å². The van der Waals surface area contributed by atoms with E-state index in [2.05, 4.69) is 25.9 Å². The number of guanidine groups is 1. The molecule has 0 saturated carbocycles. The lowest BCUT2D eigenvalue weighted by atomic mass is 10.2. The quantitative estimate of drug-likeness (QED) is 0.320. The number of alkyl halides is 3. The Hall–Kier alpha value is -2.33. The van der Waals surface area contributed by atoms with Gasteiger partial charge in [0.15, 0.2) is 11.7 Å². The van der Waals surface area contributed by atoms with Crippen molar-refractivity contribution in [1.29, 1.82) is 0 Å². The molecule has 0 unspecified atom stereocenters. The van der Waals surface area contributed by atoms with Crippen molar-refractivity contribution in [1.82, 2.24) is 15.6 Å². The van der Waals surface area contributed by atoms with E-state index in [-0.39, 0.29) is 17.5 Å². The Morgan fingerprint density at radius 1 is 1.24 bits per heavy atom. The maximum Gasteiger partial charge on any atom is 0.434 e. The van der Waals surface area contributed by atoms with E-state index in [1.807, 2.05) is 6.92 Å². The molecule has 3 N–H and O–H groups in total. The van der Waals surface area contributed by atoms with Gasteiger partial charge in [-0.2, -0.15) is 13.2 Å². The monoisotopic (exact) mass is 447 g/mol. The molecule has 0 aliphatic heterocycles. The Morgan fingerprint density at radius 3 is 2.59 bits per heavy atom. The van der Waals surface area contributed by atoms with Gasteiger partial charge in [0.1, 0.15) is 5.01 Å². The molecule has 0 atom stereocenters. The topological polar surface area (TPSA) is 78.4 Å². The van der Waals surface area contributed by atoms with Crippen LogP contribution in [0.4, 0.5) is 18.9 Å². The minimum Gasteiger partial charge on any atom is -0.357 e. The van der Waals surface area contributed by atoms with Crippen molar-refractivity contribution in [3.8, 4) is 0 Å². The summed E-state index contributed by atoms with van der Waals surface area (Å²) in [7, 11) is 0. The van der Waals surface area contributed by atoms with Gasteiger partial charge in [-0.05, 0) is 37.6 Å². The van der Waals surface area contributed by atoms with E-state index in [1.165, 1.54) is 0 Å². The molecule has 6 nitrogen and oxygen atoms in total. The molecule has 11 heteroatoms. The predicted octanol–water partition coefficient (Wildman–Crippen LogP) is 4.29. The van der Waals surface area contributed by atoms with Crippen LogP contribution in [0.5, 0.6) is 0 Å². The zero-order chi connectivity index (χ0) is 21.3. The van der Waals surface area contributed by atoms with Crippen molar-refractivity contribution >= 4 is 40.5 Å². The number of nitrogens with zero attached hydrogens (tertiary/aromatic N) is 2. The van der Waals surface area contributed by atoms with Gasteiger partial charge in [-0.25, -0.2) is 9.98 Å². The highest BCUT2D eigenvalue weighted by atomic mass is 35.5. The molecule has 0 radical (unpaired) electrons. The lowest BCUT2D eigenvalue weighted by Crippen LogP contribution is -2.38. The highest BCUT2D eigenvalue weighted by Crippen LogP contribution is 2.30. The number of hydrogen-bond donors (Lipinski definition) is 3. The standard InChI is InChI=1S/C18H21ClF3N5OS/c1-2-23-17(25-10-16-27-14(11-29-16)18(20,21)22)24-9-3-4-15(28)26-13-7-5-12(19)6-8-13/h5-8,11H,2-4,9-10H2,1H3,(H,26,28)(H2,23,24,25). The van der Waals surface area contributed by atoms with Gasteiger partial charge in [-0.1, -0.05) is 11.6 Å². The van der Waals surface area contributed by atoms with Crippen LogP contribution >= 0.6 is 22.9 Å². The summed E-state index contributed by atoms with van der Waals surface area (Å²) >= 11 is 6.72. The third-order valence-corrected chi connectivity index (χ3v) is 4.65. The van der Waals surface area contributed by atoms with Crippen molar-refractivity contribution in [2.75, 3.05) is 18.4 Å². The fraction of sp³-hybridized carbons (Fsp3) is 0.389. The predicted molar refractivity (Wildman–Crippen MR) is 109 cm³/mol. The first-order valence-corrected chi connectivity index (χ1v) is 10.1. The van der Waals surface area contributed by atoms with Gasteiger partial charge in [0.25, 0.3) is 0 Å². The summed E-state index contributed by atoms with van der Waals surface area (Å²) in [5, 5.41) is 10.7. The van der Waals surface area contributed by atoms with Crippen LogP contribution in [0.3, 0.4) is 0 Å². The highest BCUT2D eigenvalue weighted by molar-refractivity contribution is 7.09. The maximum atomic E-state index is 12.6. The zero-order valence-electron chi connectivity index (χ0n) is 15.6. The number of hydrogen-bond acceptors (Lipinski definition) is 4. The number of nitrogens with one attached hydrogen (secondary N) is 3. The summed E-state index contributed by atoms with van der Waals surface area (Å²) in [5.41, 5.74) is -0.235. The van der Waals surface area contributed by atoms with Crippen LogP contribution in [0.1, 0.15) is 30.5 Å². The van der Waals surface area contributed by atoms with Gasteiger partial charge in [0.2, 0.25) is 5.91 Å². The third-order valence-electron chi connectivity index (χ3n) is 3.56. The number of benzene rings is 1. The Labute approximate surface area is 175 Å². The molecule has 1 aromatic heterocycles. The van der Waals surface area contributed by atoms with Crippen molar-refractivity contribution in [3.63, 3.8) is 0 Å². The Morgan fingerprint density at radius 2 is 1.97 bits per heavy atom. The number of carbonyl (C=O) groups excluding carboxylic acids is 1. The molecule has 158 valence electrons. The molecule has 0 bridgehead atoms. The molecule has 2 rings (SSSR count). The van der Waals surface area contributed by atoms with Crippen molar-refractivity contribution in [3.05, 3.63) is 45.4 Å². The number of rotatable bonds is 8. The zero-order valence-corrected chi connectivity index (χ0v) is 17.2. The molecule has 1 amide bonds. The fourth-order valence-corrected chi connectivity index (χ4v) is 3.06. The first-order valence-electron chi connectivity index (χ1n) is 8.87.